The number of anilines is 1. The van der Waals surface area contributed by atoms with Gasteiger partial charge in [0.15, 0.2) is 0 Å². The van der Waals surface area contributed by atoms with Gasteiger partial charge in [-0.2, -0.15) is 0 Å². The highest BCUT2D eigenvalue weighted by Crippen LogP contribution is 2.27. The van der Waals surface area contributed by atoms with Gasteiger partial charge in [-0.15, -0.1) is 0 Å². The Kier molecular flexibility index (Phi) is 8.22. The van der Waals surface area contributed by atoms with Crippen LogP contribution in [0.1, 0.15) is 51.8 Å². The summed E-state index contributed by atoms with van der Waals surface area (Å²) in [6.45, 7) is 10.4. The van der Waals surface area contributed by atoms with Crippen LogP contribution in [0, 0.1) is 0 Å². The number of carbonyl (C=O) groups is 1. The SMILES string of the molecule is CCOc1ccc(N(CC(=O)NC(C)c2ccc(C(C)(C)C)cc2)S(=O)(=O)c2ccccc2)cc1. The highest BCUT2D eigenvalue weighted by Gasteiger charge is 2.27. The van der Waals surface area contributed by atoms with E-state index in [0.717, 1.165) is 9.87 Å². The normalized spacial score (nSPS) is 12.6. The van der Waals surface area contributed by atoms with Crippen molar-refractivity contribution in [3.8, 4) is 5.75 Å². The number of carbonyl (C=O) groups excluding carboxylic acids is 1. The minimum atomic E-state index is -3.97. The van der Waals surface area contributed by atoms with E-state index in [4.69, 9.17) is 4.74 Å². The molecule has 1 unspecified atom stereocenters. The van der Waals surface area contributed by atoms with Crippen molar-refractivity contribution in [3.05, 3.63) is 90.0 Å². The molecule has 186 valence electrons. The lowest BCUT2D eigenvalue weighted by molar-refractivity contribution is -0.120. The first-order chi connectivity index (χ1) is 16.5. The van der Waals surface area contributed by atoms with Crippen LogP contribution in [0.15, 0.2) is 83.8 Å². The Morgan fingerprint density at radius 3 is 2.09 bits per heavy atom. The molecule has 1 N–H and O–H groups in total. The summed E-state index contributed by atoms with van der Waals surface area (Å²) in [6.07, 6.45) is 0. The number of rotatable bonds is 9. The van der Waals surface area contributed by atoms with Gasteiger partial charge in [-0.25, -0.2) is 8.42 Å². The molecule has 0 saturated heterocycles. The molecule has 3 aromatic carbocycles. The fourth-order valence-corrected chi connectivity index (χ4v) is 5.12. The summed E-state index contributed by atoms with van der Waals surface area (Å²) in [7, 11) is -3.97. The molecular formula is C28H34N2O4S. The number of nitrogens with one attached hydrogen (secondary N) is 1. The molecule has 7 heteroatoms. The summed E-state index contributed by atoms with van der Waals surface area (Å²) in [4.78, 5) is 13.2. The zero-order chi connectivity index (χ0) is 25.6. The van der Waals surface area contributed by atoms with Crippen LogP contribution >= 0.6 is 0 Å². The zero-order valence-corrected chi connectivity index (χ0v) is 21.8. The number of nitrogens with zero attached hydrogens (tertiary/aromatic N) is 1. The predicted octanol–water partition coefficient (Wildman–Crippen LogP) is 5.46. The third-order valence-corrected chi connectivity index (χ3v) is 7.50. The maximum atomic E-state index is 13.5. The molecule has 1 amide bonds. The fraction of sp³-hybridized carbons (Fsp3) is 0.321. The van der Waals surface area contributed by atoms with E-state index < -0.39 is 15.9 Å². The summed E-state index contributed by atoms with van der Waals surface area (Å²) in [5.41, 5.74) is 2.57. The van der Waals surface area contributed by atoms with Gasteiger partial charge in [-0.05, 0) is 66.8 Å². The molecule has 1 atom stereocenters. The number of hydrogen-bond donors (Lipinski definition) is 1. The monoisotopic (exact) mass is 494 g/mol. The Bertz CT molecular complexity index is 1220. The summed E-state index contributed by atoms with van der Waals surface area (Å²) in [6, 6.07) is 22.6. The Labute approximate surface area is 209 Å². The van der Waals surface area contributed by atoms with E-state index >= 15 is 0 Å². The maximum absolute atomic E-state index is 13.5. The van der Waals surface area contributed by atoms with E-state index in [2.05, 4.69) is 38.2 Å². The van der Waals surface area contributed by atoms with Gasteiger partial charge in [0, 0.05) is 0 Å². The standard InChI is InChI=1S/C28H34N2O4S/c1-6-34-25-18-16-24(17-19-25)30(35(32,33)26-10-8-7-9-11-26)20-27(31)29-21(2)22-12-14-23(15-13-22)28(3,4)5/h7-19,21H,6,20H2,1-5H3,(H,29,31). The van der Waals surface area contributed by atoms with Crippen molar-refractivity contribution >= 4 is 21.6 Å². The van der Waals surface area contributed by atoms with Crippen molar-refractivity contribution in [1.82, 2.24) is 5.32 Å². The molecule has 0 radical (unpaired) electrons. The highest BCUT2D eigenvalue weighted by molar-refractivity contribution is 7.92. The van der Waals surface area contributed by atoms with Crippen LogP contribution in [0.4, 0.5) is 5.69 Å². The van der Waals surface area contributed by atoms with Crippen LogP contribution in [-0.2, 0) is 20.2 Å². The van der Waals surface area contributed by atoms with Gasteiger partial charge in [0.25, 0.3) is 10.0 Å². The average molecular weight is 495 g/mol. The first kappa shape index (κ1) is 26.3. The van der Waals surface area contributed by atoms with E-state index in [1.165, 1.54) is 17.7 Å². The number of benzene rings is 3. The summed E-state index contributed by atoms with van der Waals surface area (Å²) >= 11 is 0. The molecule has 0 fully saturated rings. The highest BCUT2D eigenvalue weighted by atomic mass is 32.2. The molecule has 0 aliphatic heterocycles. The molecule has 3 rings (SSSR count). The Balaban J connectivity index is 1.83. The third-order valence-electron chi connectivity index (χ3n) is 5.71. The van der Waals surface area contributed by atoms with E-state index in [0.29, 0.717) is 18.0 Å². The Hall–Kier alpha value is -3.32. The van der Waals surface area contributed by atoms with Crippen LogP contribution in [0.2, 0.25) is 0 Å². The van der Waals surface area contributed by atoms with Crippen molar-refractivity contribution < 1.29 is 17.9 Å². The lowest BCUT2D eigenvalue weighted by atomic mass is 9.86. The van der Waals surface area contributed by atoms with E-state index in [9.17, 15) is 13.2 Å². The predicted molar refractivity (Wildman–Crippen MR) is 140 cm³/mol. The second-order valence-corrected chi connectivity index (χ2v) is 11.3. The van der Waals surface area contributed by atoms with Crippen LogP contribution in [0.25, 0.3) is 0 Å². The minimum absolute atomic E-state index is 0.0367. The second kappa shape index (κ2) is 11.0. The number of ether oxygens (including phenoxy) is 1. The second-order valence-electron chi connectivity index (χ2n) is 9.41. The van der Waals surface area contributed by atoms with Gasteiger partial charge in [0.2, 0.25) is 5.91 Å². The average Bonchev–Trinajstić information content (AvgIpc) is 2.83. The molecule has 0 heterocycles. The largest absolute Gasteiger partial charge is 0.494 e. The molecule has 0 aliphatic carbocycles. The number of sulfonamides is 1. The van der Waals surface area contributed by atoms with Crippen molar-refractivity contribution in [1.29, 1.82) is 0 Å². The molecule has 6 nitrogen and oxygen atoms in total. The third kappa shape index (κ3) is 6.63. The van der Waals surface area contributed by atoms with Crippen LogP contribution in [0.3, 0.4) is 0 Å². The van der Waals surface area contributed by atoms with Gasteiger partial charge >= 0.3 is 0 Å². The van der Waals surface area contributed by atoms with E-state index in [1.54, 1.807) is 42.5 Å². The molecule has 0 spiro atoms. The Morgan fingerprint density at radius 2 is 1.54 bits per heavy atom. The van der Waals surface area contributed by atoms with E-state index in [1.807, 2.05) is 26.0 Å². The van der Waals surface area contributed by atoms with Gasteiger partial charge < -0.3 is 10.1 Å². The first-order valence-corrected chi connectivity index (χ1v) is 13.2. The van der Waals surface area contributed by atoms with Gasteiger partial charge in [-0.3, -0.25) is 9.10 Å². The topological polar surface area (TPSA) is 75.7 Å². The van der Waals surface area contributed by atoms with Crippen LogP contribution in [-0.4, -0.2) is 27.5 Å². The van der Waals surface area contributed by atoms with Gasteiger partial charge in [0.05, 0.1) is 23.2 Å². The minimum Gasteiger partial charge on any atom is -0.494 e. The summed E-state index contributed by atoms with van der Waals surface area (Å²) in [5.74, 6) is 0.232. The van der Waals surface area contributed by atoms with Crippen LogP contribution in [0.5, 0.6) is 5.75 Å². The van der Waals surface area contributed by atoms with Crippen molar-refractivity contribution in [2.45, 2.75) is 51.0 Å². The first-order valence-electron chi connectivity index (χ1n) is 11.7. The fourth-order valence-electron chi connectivity index (χ4n) is 3.68. The molecule has 0 aromatic heterocycles. The van der Waals surface area contributed by atoms with Crippen molar-refractivity contribution in [3.63, 3.8) is 0 Å². The Morgan fingerprint density at radius 1 is 0.943 bits per heavy atom. The van der Waals surface area contributed by atoms with Crippen molar-refractivity contribution in [2.75, 3.05) is 17.5 Å². The molecule has 0 aliphatic rings. The summed E-state index contributed by atoms with van der Waals surface area (Å²) in [5, 5.41) is 2.94. The number of hydrogen-bond acceptors (Lipinski definition) is 4. The molecule has 0 bridgehead atoms. The summed E-state index contributed by atoms with van der Waals surface area (Å²) < 4.78 is 33.6. The van der Waals surface area contributed by atoms with Crippen molar-refractivity contribution in [2.24, 2.45) is 0 Å². The molecule has 35 heavy (non-hydrogen) atoms. The van der Waals surface area contributed by atoms with Gasteiger partial charge in [-0.1, -0.05) is 63.2 Å². The maximum Gasteiger partial charge on any atom is 0.264 e. The van der Waals surface area contributed by atoms with Gasteiger partial charge in [0.1, 0.15) is 12.3 Å². The molecule has 3 aromatic rings. The smallest absolute Gasteiger partial charge is 0.264 e. The zero-order valence-electron chi connectivity index (χ0n) is 21.0. The molecule has 0 saturated carbocycles. The van der Waals surface area contributed by atoms with Crippen LogP contribution < -0.4 is 14.4 Å². The lowest BCUT2D eigenvalue weighted by Gasteiger charge is -2.25. The van der Waals surface area contributed by atoms with E-state index in [-0.39, 0.29) is 22.9 Å². The quantitative estimate of drug-likeness (QED) is 0.429. The molecular weight excluding hydrogens is 460 g/mol. The lowest BCUT2D eigenvalue weighted by Crippen LogP contribution is -2.41. The number of amides is 1.